The molecule has 0 spiro atoms. The van der Waals surface area contributed by atoms with Crippen LogP contribution in [0.3, 0.4) is 0 Å². The summed E-state index contributed by atoms with van der Waals surface area (Å²) in [5, 5.41) is 11.5. The molecule has 0 amide bonds. The van der Waals surface area contributed by atoms with Gasteiger partial charge >= 0.3 is 0 Å². The molecule has 8 heteroatoms. The predicted octanol–water partition coefficient (Wildman–Crippen LogP) is 0.836. The number of aryl methyl sites for hydroxylation is 1. The first-order valence-electron chi connectivity index (χ1n) is 6.10. The molecule has 1 heterocycles. The first-order valence-corrected chi connectivity index (χ1v) is 8.16. The number of nitrogens with zero attached hydrogens (tertiary/aromatic N) is 4. The number of hydrogen-bond acceptors (Lipinski definition) is 6. The van der Waals surface area contributed by atoms with Crippen molar-refractivity contribution in [2.75, 3.05) is 17.7 Å². The maximum atomic E-state index is 11.4. The Bertz CT molecular complexity index is 723. The number of hydrogen-bond donors (Lipinski definition) is 1. The summed E-state index contributed by atoms with van der Waals surface area (Å²) >= 11 is 0. The fraction of sp³-hybridized carbons (Fsp3) is 0.417. The zero-order valence-electron chi connectivity index (χ0n) is 11.6. The SMILES string of the molecule is Cc1ccc(-c2nnnn2C(C)CS(C)(=O)=O)cc1N. The van der Waals surface area contributed by atoms with Gasteiger partial charge in [0.25, 0.3) is 0 Å². The van der Waals surface area contributed by atoms with Crippen LogP contribution in [0.25, 0.3) is 11.4 Å². The number of sulfone groups is 1. The fourth-order valence-corrected chi connectivity index (χ4v) is 2.99. The van der Waals surface area contributed by atoms with Crippen molar-refractivity contribution in [1.82, 2.24) is 20.2 Å². The lowest BCUT2D eigenvalue weighted by Gasteiger charge is -2.12. The zero-order valence-corrected chi connectivity index (χ0v) is 12.4. The van der Waals surface area contributed by atoms with E-state index in [4.69, 9.17) is 5.73 Å². The normalized spacial score (nSPS) is 13.3. The van der Waals surface area contributed by atoms with Gasteiger partial charge in [0.1, 0.15) is 9.84 Å². The molecule has 7 nitrogen and oxygen atoms in total. The quantitative estimate of drug-likeness (QED) is 0.838. The minimum absolute atomic E-state index is 0.0214. The van der Waals surface area contributed by atoms with Gasteiger partial charge in [0.05, 0.1) is 11.8 Å². The van der Waals surface area contributed by atoms with E-state index in [2.05, 4.69) is 15.5 Å². The van der Waals surface area contributed by atoms with Gasteiger partial charge in [0.2, 0.25) is 0 Å². The van der Waals surface area contributed by atoms with E-state index >= 15 is 0 Å². The molecule has 0 aliphatic rings. The summed E-state index contributed by atoms with van der Waals surface area (Å²) in [6, 6.07) is 5.17. The predicted molar refractivity (Wildman–Crippen MR) is 76.8 cm³/mol. The van der Waals surface area contributed by atoms with Crippen LogP contribution in [0.4, 0.5) is 5.69 Å². The minimum atomic E-state index is -3.10. The van der Waals surface area contributed by atoms with Gasteiger partial charge in [-0.1, -0.05) is 12.1 Å². The van der Waals surface area contributed by atoms with E-state index in [-0.39, 0.29) is 11.8 Å². The number of anilines is 1. The Morgan fingerprint density at radius 1 is 1.40 bits per heavy atom. The van der Waals surface area contributed by atoms with E-state index in [0.29, 0.717) is 11.5 Å². The Hall–Kier alpha value is -1.96. The second kappa shape index (κ2) is 5.20. The molecule has 1 unspecified atom stereocenters. The number of nitrogens with two attached hydrogens (primary N) is 1. The van der Waals surface area contributed by atoms with Crippen molar-refractivity contribution in [2.45, 2.75) is 19.9 Å². The van der Waals surface area contributed by atoms with Crippen LogP contribution in [0, 0.1) is 6.92 Å². The lowest BCUT2D eigenvalue weighted by Crippen LogP contribution is -2.18. The number of benzene rings is 1. The van der Waals surface area contributed by atoms with Crippen LogP contribution in [0.5, 0.6) is 0 Å². The van der Waals surface area contributed by atoms with Crippen molar-refractivity contribution in [3.8, 4) is 11.4 Å². The van der Waals surface area contributed by atoms with Crippen molar-refractivity contribution >= 4 is 15.5 Å². The Morgan fingerprint density at radius 2 is 2.10 bits per heavy atom. The van der Waals surface area contributed by atoms with Crippen molar-refractivity contribution in [3.05, 3.63) is 23.8 Å². The number of rotatable bonds is 4. The molecule has 0 bridgehead atoms. The summed E-state index contributed by atoms with van der Waals surface area (Å²) in [5.74, 6) is 0.486. The molecule has 0 aliphatic carbocycles. The Morgan fingerprint density at radius 3 is 2.70 bits per heavy atom. The summed E-state index contributed by atoms with van der Waals surface area (Å²) in [6.07, 6.45) is 1.19. The summed E-state index contributed by atoms with van der Waals surface area (Å²) in [5.41, 5.74) is 8.26. The molecule has 0 saturated heterocycles. The van der Waals surface area contributed by atoms with Crippen LogP contribution in [0.1, 0.15) is 18.5 Å². The van der Waals surface area contributed by atoms with Crippen LogP contribution < -0.4 is 5.73 Å². The van der Waals surface area contributed by atoms with Crippen LogP contribution in [-0.4, -0.2) is 40.6 Å². The minimum Gasteiger partial charge on any atom is -0.398 e. The Kier molecular flexibility index (Phi) is 3.76. The number of aromatic nitrogens is 4. The molecule has 0 aliphatic heterocycles. The highest BCUT2D eigenvalue weighted by Crippen LogP contribution is 2.23. The lowest BCUT2D eigenvalue weighted by molar-refractivity contribution is 0.509. The highest BCUT2D eigenvalue weighted by atomic mass is 32.2. The summed E-state index contributed by atoms with van der Waals surface area (Å²) in [4.78, 5) is 0. The maximum Gasteiger partial charge on any atom is 0.182 e. The molecule has 108 valence electrons. The topological polar surface area (TPSA) is 104 Å². The molecule has 1 atom stereocenters. The molecule has 0 fully saturated rings. The standard InChI is InChI=1S/C12H17N5O2S/c1-8-4-5-10(6-11(8)13)12-14-15-16-17(12)9(2)7-20(3,18)19/h4-6,9H,7,13H2,1-3H3. The highest BCUT2D eigenvalue weighted by Gasteiger charge is 2.18. The number of nitrogen functional groups attached to an aromatic ring is 1. The van der Waals surface area contributed by atoms with Gasteiger partial charge in [-0.05, 0) is 35.9 Å². The van der Waals surface area contributed by atoms with E-state index < -0.39 is 9.84 Å². The van der Waals surface area contributed by atoms with Crippen LogP contribution in [0.2, 0.25) is 0 Å². The Balaban J connectivity index is 2.39. The van der Waals surface area contributed by atoms with E-state index in [1.54, 1.807) is 13.0 Å². The second-order valence-corrected chi connectivity index (χ2v) is 7.14. The molecule has 1 aromatic carbocycles. The van der Waals surface area contributed by atoms with Gasteiger partial charge in [0, 0.05) is 17.5 Å². The van der Waals surface area contributed by atoms with Gasteiger partial charge in [-0.3, -0.25) is 0 Å². The van der Waals surface area contributed by atoms with Crippen molar-refractivity contribution in [2.24, 2.45) is 0 Å². The third-order valence-corrected chi connectivity index (χ3v) is 4.08. The van der Waals surface area contributed by atoms with E-state index in [1.165, 1.54) is 10.9 Å². The maximum absolute atomic E-state index is 11.4. The van der Waals surface area contributed by atoms with E-state index in [0.717, 1.165) is 11.1 Å². The largest absolute Gasteiger partial charge is 0.398 e. The molecule has 0 saturated carbocycles. The summed E-state index contributed by atoms with van der Waals surface area (Å²) in [6.45, 7) is 3.67. The second-order valence-electron chi connectivity index (χ2n) is 4.96. The highest BCUT2D eigenvalue weighted by molar-refractivity contribution is 7.90. The molecular formula is C12H17N5O2S. The van der Waals surface area contributed by atoms with Crippen LogP contribution >= 0.6 is 0 Å². The van der Waals surface area contributed by atoms with Gasteiger partial charge in [-0.2, -0.15) is 0 Å². The third-order valence-electron chi connectivity index (χ3n) is 2.99. The smallest absolute Gasteiger partial charge is 0.182 e. The third kappa shape index (κ3) is 3.13. The Labute approximate surface area is 117 Å². The molecule has 20 heavy (non-hydrogen) atoms. The van der Waals surface area contributed by atoms with Crippen molar-refractivity contribution in [3.63, 3.8) is 0 Å². The fourth-order valence-electron chi connectivity index (χ4n) is 1.97. The van der Waals surface area contributed by atoms with Crippen molar-refractivity contribution in [1.29, 1.82) is 0 Å². The zero-order chi connectivity index (χ0) is 14.9. The molecule has 2 N–H and O–H groups in total. The van der Waals surface area contributed by atoms with Gasteiger partial charge < -0.3 is 5.73 Å². The van der Waals surface area contributed by atoms with Gasteiger partial charge in [-0.25, -0.2) is 13.1 Å². The van der Waals surface area contributed by atoms with E-state index in [1.807, 2.05) is 19.1 Å². The lowest BCUT2D eigenvalue weighted by atomic mass is 10.1. The first-order chi connectivity index (χ1) is 9.28. The van der Waals surface area contributed by atoms with Crippen molar-refractivity contribution < 1.29 is 8.42 Å². The summed E-state index contributed by atoms with van der Waals surface area (Å²) < 4.78 is 24.3. The average Bonchev–Trinajstić information content (AvgIpc) is 2.79. The summed E-state index contributed by atoms with van der Waals surface area (Å²) in [7, 11) is -3.10. The van der Waals surface area contributed by atoms with E-state index in [9.17, 15) is 8.42 Å². The van der Waals surface area contributed by atoms with Gasteiger partial charge in [0.15, 0.2) is 5.82 Å². The molecule has 1 aromatic heterocycles. The molecule has 0 radical (unpaired) electrons. The number of tetrazole rings is 1. The molecular weight excluding hydrogens is 278 g/mol. The van der Waals surface area contributed by atoms with Crippen LogP contribution in [0.15, 0.2) is 18.2 Å². The monoisotopic (exact) mass is 295 g/mol. The van der Waals surface area contributed by atoms with Gasteiger partial charge in [-0.15, -0.1) is 5.10 Å². The molecule has 2 rings (SSSR count). The molecule has 2 aromatic rings. The van der Waals surface area contributed by atoms with Crippen LogP contribution in [-0.2, 0) is 9.84 Å². The first kappa shape index (κ1) is 14.4. The average molecular weight is 295 g/mol.